The summed E-state index contributed by atoms with van der Waals surface area (Å²) < 4.78 is 25.3. The number of benzene rings is 1. The summed E-state index contributed by atoms with van der Waals surface area (Å²) in [6.07, 6.45) is 4.20. The average molecular weight is 552 g/mol. The third kappa shape index (κ3) is 9.72. The van der Waals surface area contributed by atoms with Gasteiger partial charge >= 0.3 is 0 Å². The van der Waals surface area contributed by atoms with Gasteiger partial charge in [0.2, 0.25) is 5.91 Å². The molecule has 6 nitrogen and oxygen atoms in total. The van der Waals surface area contributed by atoms with Crippen LogP contribution < -0.4 is 16.0 Å². The summed E-state index contributed by atoms with van der Waals surface area (Å²) in [6, 6.07) is 6.33. The molecule has 1 fully saturated rings. The second-order valence-corrected chi connectivity index (χ2v) is 9.22. The summed E-state index contributed by atoms with van der Waals surface area (Å²) in [5.74, 6) is 0.940. The number of aliphatic imine (C=N–C) groups is 1. The molecule has 0 aromatic heterocycles. The maximum absolute atomic E-state index is 13.2. The molecule has 30 heavy (non-hydrogen) atoms. The largest absolute Gasteiger partial charge is 0.357 e. The highest BCUT2D eigenvalue weighted by Gasteiger charge is 2.26. The van der Waals surface area contributed by atoms with Gasteiger partial charge in [0.05, 0.1) is 13.0 Å². The highest BCUT2D eigenvalue weighted by Crippen LogP contribution is 2.22. The third-order valence-corrected chi connectivity index (χ3v) is 6.67. The zero-order valence-electron chi connectivity index (χ0n) is 17.8. The number of hydrogen-bond acceptors (Lipinski definition) is 3. The van der Waals surface area contributed by atoms with Gasteiger partial charge in [-0.25, -0.2) is 4.39 Å². The van der Waals surface area contributed by atoms with Crippen molar-refractivity contribution in [3.63, 3.8) is 0 Å². The van der Waals surface area contributed by atoms with E-state index in [0.29, 0.717) is 24.4 Å². The van der Waals surface area contributed by atoms with Crippen LogP contribution in [0.2, 0.25) is 0 Å². The molecule has 3 atom stereocenters. The van der Waals surface area contributed by atoms with Crippen molar-refractivity contribution in [2.45, 2.75) is 57.2 Å². The van der Waals surface area contributed by atoms with Crippen LogP contribution in [0.25, 0.3) is 0 Å². The minimum atomic E-state index is -0.755. The second-order valence-electron chi connectivity index (χ2n) is 7.22. The van der Waals surface area contributed by atoms with Crippen LogP contribution >= 0.6 is 24.0 Å². The predicted molar refractivity (Wildman–Crippen MR) is 132 cm³/mol. The Kier molecular flexibility index (Phi) is 13.2. The smallest absolute Gasteiger partial charge is 0.224 e. The van der Waals surface area contributed by atoms with Gasteiger partial charge in [-0.1, -0.05) is 25.5 Å². The lowest BCUT2D eigenvalue weighted by Crippen LogP contribution is -2.47. The van der Waals surface area contributed by atoms with Gasteiger partial charge in [0.25, 0.3) is 0 Å². The molecule has 1 aliphatic carbocycles. The monoisotopic (exact) mass is 552 g/mol. The number of amides is 1. The lowest BCUT2D eigenvalue weighted by atomic mass is 9.95. The topological polar surface area (TPSA) is 82.6 Å². The first-order chi connectivity index (χ1) is 14.0. The zero-order valence-corrected chi connectivity index (χ0v) is 20.9. The molecule has 0 radical (unpaired) electrons. The first kappa shape index (κ1) is 26.8. The van der Waals surface area contributed by atoms with Crippen LogP contribution in [0.4, 0.5) is 4.39 Å². The lowest BCUT2D eigenvalue weighted by molar-refractivity contribution is -0.120. The Balaban J connectivity index is 0.00000450. The van der Waals surface area contributed by atoms with Crippen molar-refractivity contribution in [3.05, 3.63) is 35.6 Å². The SMILES string of the molecule is CCNC(=NCCNC(=O)Cc1cccc(F)c1)NC1CCCC(S(=O)CC)C1.I. The molecule has 0 spiro atoms. The highest BCUT2D eigenvalue weighted by molar-refractivity contribution is 14.0. The molecular weight excluding hydrogens is 518 g/mol. The second kappa shape index (κ2) is 14.7. The van der Waals surface area contributed by atoms with E-state index in [-0.39, 0.29) is 53.4 Å². The molecule has 1 saturated carbocycles. The van der Waals surface area contributed by atoms with Crippen LogP contribution in [0.1, 0.15) is 45.1 Å². The predicted octanol–water partition coefficient (Wildman–Crippen LogP) is 2.74. The number of carbonyl (C=O) groups is 1. The van der Waals surface area contributed by atoms with Gasteiger partial charge in [0, 0.05) is 40.9 Å². The molecule has 0 saturated heterocycles. The summed E-state index contributed by atoms with van der Waals surface area (Å²) in [4.78, 5) is 16.5. The van der Waals surface area contributed by atoms with Crippen molar-refractivity contribution in [2.24, 2.45) is 4.99 Å². The van der Waals surface area contributed by atoms with Gasteiger partial charge in [-0.15, -0.1) is 24.0 Å². The van der Waals surface area contributed by atoms with Crippen molar-refractivity contribution in [2.75, 3.05) is 25.4 Å². The molecule has 0 heterocycles. The van der Waals surface area contributed by atoms with E-state index in [1.54, 1.807) is 12.1 Å². The van der Waals surface area contributed by atoms with E-state index in [0.717, 1.165) is 38.2 Å². The van der Waals surface area contributed by atoms with E-state index in [1.807, 2.05) is 13.8 Å². The summed E-state index contributed by atoms with van der Waals surface area (Å²) in [7, 11) is -0.755. The Morgan fingerprint density at radius 1 is 1.27 bits per heavy atom. The van der Waals surface area contributed by atoms with Crippen molar-refractivity contribution in [1.29, 1.82) is 0 Å². The molecule has 1 amide bonds. The summed E-state index contributed by atoms with van der Waals surface area (Å²) in [6.45, 7) is 5.59. The first-order valence-corrected chi connectivity index (χ1v) is 11.8. The molecule has 1 aliphatic rings. The molecule has 1 aromatic rings. The van der Waals surface area contributed by atoms with Crippen LogP contribution in [0.15, 0.2) is 29.3 Å². The molecule has 170 valence electrons. The minimum Gasteiger partial charge on any atom is -0.357 e. The number of rotatable bonds is 9. The van der Waals surface area contributed by atoms with Gasteiger partial charge in [-0.3, -0.25) is 14.0 Å². The molecule has 2 rings (SSSR count). The Morgan fingerprint density at radius 2 is 2.07 bits per heavy atom. The first-order valence-electron chi connectivity index (χ1n) is 10.4. The maximum atomic E-state index is 13.2. The van der Waals surface area contributed by atoms with E-state index in [9.17, 15) is 13.4 Å². The molecule has 0 aliphatic heterocycles. The van der Waals surface area contributed by atoms with E-state index < -0.39 is 10.8 Å². The number of nitrogens with one attached hydrogen (secondary N) is 3. The van der Waals surface area contributed by atoms with Crippen LogP contribution in [-0.2, 0) is 22.0 Å². The van der Waals surface area contributed by atoms with Crippen molar-refractivity contribution in [3.8, 4) is 0 Å². The van der Waals surface area contributed by atoms with E-state index in [4.69, 9.17) is 0 Å². The molecule has 0 bridgehead atoms. The van der Waals surface area contributed by atoms with Crippen molar-refractivity contribution < 1.29 is 13.4 Å². The molecule has 3 unspecified atom stereocenters. The van der Waals surface area contributed by atoms with Gasteiger partial charge in [0.1, 0.15) is 5.82 Å². The Hall–Kier alpha value is -1.23. The fourth-order valence-corrected chi connectivity index (χ4v) is 4.87. The Morgan fingerprint density at radius 3 is 2.77 bits per heavy atom. The van der Waals surface area contributed by atoms with Gasteiger partial charge < -0.3 is 16.0 Å². The molecule has 3 N–H and O–H groups in total. The Labute approximate surface area is 198 Å². The van der Waals surface area contributed by atoms with E-state index in [1.165, 1.54) is 12.1 Å². The van der Waals surface area contributed by atoms with Crippen LogP contribution in [-0.4, -0.2) is 52.8 Å². The fraction of sp³-hybridized carbons (Fsp3) is 0.619. The summed E-state index contributed by atoms with van der Waals surface area (Å²) in [5.41, 5.74) is 0.650. The minimum absolute atomic E-state index is 0. The highest BCUT2D eigenvalue weighted by atomic mass is 127. The summed E-state index contributed by atoms with van der Waals surface area (Å²) >= 11 is 0. The van der Waals surface area contributed by atoms with E-state index in [2.05, 4.69) is 20.9 Å². The van der Waals surface area contributed by atoms with Gasteiger partial charge in [-0.05, 0) is 43.9 Å². The lowest BCUT2D eigenvalue weighted by Gasteiger charge is -2.30. The van der Waals surface area contributed by atoms with Crippen molar-refractivity contribution >= 4 is 46.6 Å². The van der Waals surface area contributed by atoms with Crippen LogP contribution in [0.5, 0.6) is 0 Å². The quantitative estimate of drug-likeness (QED) is 0.191. The Bertz CT molecular complexity index is 720. The maximum Gasteiger partial charge on any atom is 0.224 e. The van der Waals surface area contributed by atoms with Crippen LogP contribution in [0.3, 0.4) is 0 Å². The standard InChI is InChI=1S/C21H33FN4O2S.HI/c1-3-23-21(26-18-9-6-10-19(15-18)29(28)4-2)25-12-11-24-20(27)14-16-7-5-8-17(22)13-16;/h5,7-8,13,18-19H,3-4,6,9-12,14-15H2,1-2H3,(H,24,27)(H2,23,25,26);1H. The van der Waals surface area contributed by atoms with Gasteiger partial charge in [-0.2, -0.15) is 0 Å². The third-order valence-electron chi connectivity index (χ3n) is 4.93. The molecule has 1 aromatic carbocycles. The number of guanidine groups is 1. The molecule has 9 heteroatoms. The number of nitrogens with zero attached hydrogens (tertiary/aromatic N) is 1. The average Bonchev–Trinajstić information content (AvgIpc) is 2.71. The van der Waals surface area contributed by atoms with E-state index >= 15 is 0 Å². The number of hydrogen-bond donors (Lipinski definition) is 3. The van der Waals surface area contributed by atoms with Crippen LogP contribution in [0, 0.1) is 5.82 Å². The fourth-order valence-electron chi connectivity index (χ4n) is 3.52. The number of carbonyl (C=O) groups excluding carboxylic acids is 1. The zero-order chi connectivity index (χ0) is 21.1. The number of halogens is 2. The van der Waals surface area contributed by atoms with Crippen molar-refractivity contribution in [1.82, 2.24) is 16.0 Å². The van der Waals surface area contributed by atoms with Gasteiger partial charge in [0.15, 0.2) is 5.96 Å². The normalized spacial score (nSPS) is 20.0. The summed E-state index contributed by atoms with van der Waals surface area (Å²) in [5, 5.41) is 9.76. The molecular formula is C21H34FIN4O2S.